The highest BCUT2D eigenvalue weighted by atomic mass is 32.2. The van der Waals surface area contributed by atoms with Gasteiger partial charge in [0.15, 0.2) is 15.0 Å². The van der Waals surface area contributed by atoms with Gasteiger partial charge in [-0.05, 0) is 62.2 Å². The first kappa shape index (κ1) is 27.4. The molecule has 0 spiro atoms. The topological polar surface area (TPSA) is 79.8 Å². The number of methoxy groups -OCH3 is 1. The lowest BCUT2D eigenvalue weighted by Gasteiger charge is -2.24. The molecule has 0 atom stereocenters. The zero-order valence-electron chi connectivity index (χ0n) is 20.7. The number of likely N-dealkylation sites (N-methyl/N-ethyl adjacent to an activating group) is 1. The van der Waals surface area contributed by atoms with E-state index in [4.69, 9.17) is 9.72 Å². The number of hydrogen-bond donors (Lipinski definition) is 0. The van der Waals surface area contributed by atoms with Gasteiger partial charge >= 0.3 is 0 Å². The van der Waals surface area contributed by atoms with Crippen molar-refractivity contribution in [2.24, 2.45) is 0 Å². The number of aromatic nitrogens is 1. The molecule has 0 unspecified atom stereocenters. The number of carbonyl (C=O) groups excluding carboxylic acids is 1. The van der Waals surface area contributed by atoms with Crippen LogP contribution in [0.4, 0.5) is 5.13 Å². The molecule has 1 amide bonds. The van der Waals surface area contributed by atoms with Gasteiger partial charge in [-0.2, -0.15) is 0 Å². The summed E-state index contributed by atoms with van der Waals surface area (Å²) in [6.07, 6.45) is 2.40. The second-order valence-electron chi connectivity index (χ2n) is 7.97. The minimum Gasteiger partial charge on any atom is -0.497 e. The Morgan fingerprint density at radius 1 is 1.09 bits per heavy atom. The van der Waals surface area contributed by atoms with Crippen LogP contribution in [0.1, 0.15) is 26.7 Å². The lowest BCUT2D eigenvalue weighted by Crippen LogP contribution is -2.38. The second-order valence-corrected chi connectivity index (χ2v) is 11.9. The van der Waals surface area contributed by atoms with Crippen LogP contribution >= 0.6 is 23.1 Å². The molecular weight excluding hydrogens is 502 g/mol. The van der Waals surface area contributed by atoms with Crippen LogP contribution in [0.5, 0.6) is 5.75 Å². The Bertz CT molecular complexity index is 1220. The molecule has 1 heterocycles. The molecule has 35 heavy (non-hydrogen) atoms. The van der Waals surface area contributed by atoms with E-state index in [1.165, 1.54) is 30.6 Å². The summed E-state index contributed by atoms with van der Waals surface area (Å²) in [5.41, 5.74) is 0.905. The summed E-state index contributed by atoms with van der Waals surface area (Å²) in [6.45, 7) is 7.24. The first-order valence-electron chi connectivity index (χ1n) is 11.7. The fourth-order valence-corrected chi connectivity index (χ4v) is 6.72. The molecule has 2 aromatic carbocycles. The Kier molecular flexibility index (Phi) is 9.97. The highest BCUT2D eigenvalue weighted by Crippen LogP contribution is 2.34. The van der Waals surface area contributed by atoms with E-state index >= 15 is 0 Å². The van der Waals surface area contributed by atoms with Crippen LogP contribution in [0, 0.1) is 0 Å². The molecule has 3 aromatic rings. The zero-order valence-corrected chi connectivity index (χ0v) is 23.1. The van der Waals surface area contributed by atoms with E-state index in [0.29, 0.717) is 17.4 Å². The fourth-order valence-electron chi connectivity index (χ4n) is 3.75. The first-order chi connectivity index (χ1) is 16.8. The van der Waals surface area contributed by atoms with Gasteiger partial charge in [-0.15, -0.1) is 11.8 Å². The third-order valence-corrected chi connectivity index (χ3v) is 9.51. The summed E-state index contributed by atoms with van der Waals surface area (Å²) in [4.78, 5) is 23.4. The van der Waals surface area contributed by atoms with Crippen molar-refractivity contribution >= 4 is 54.2 Å². The summed E-state index contributed by atoms with van der Waals surface area (Å²) in [6, 6.07) is 12.4. The molecule has 0 radical (unpaired) electrons. The van der Waals surface area contributed by atoms with Crippen molar-refractivity contribution < 1.29 is 17.9 Å². The maximum Gasteiger partial charge on any atom is 0.228 e. The molecule has 0 aliphatic carbocycles. The number of para-hydroxylation sites is 1. The van der Waals surface area contributed by atoms with Gasteiger partial charge in [-0.1, -0.05) is 31.3 Å². The number of benzene rings is 2. The van der Waals surface area contributed by atoms with Crippen molar-refractivity contribution in [2.75, 3.05) is 50.2 Å². The molecule has 0 saturated heterocycles. The van der Waals surface area contributed by atoms with E-state index in [0.717, 1.165) is 34.7 Å². The maximum atomic E-state index is 13.3. The zero-order chi connectivity index (χ0) is 25.4. The fraction of sp³-hybridized carbons (Fsp3) is 0.440. The number of fused-ring (bicyclic) bond motifs is 1. The second kappa shape index (κ2) is 12.7. The summed E-state index contributed by atoms with van der Waals surface area (Å²) in [5.74, 6) is 0.404. The quantitative estimate of drug-likeness (QED) is 0.286. The lowest BCUT2D eigenvalue weighted by atomic mass is 10.3. The van der Waals surface area contributed by atoms with Crippen LogP contribution in [0.15, 0.2) is 52.3 Å². The average Bonchev–Trinajstić information content (AvgIpc) is 3.30. The Balaban J connectivity index is 1.75. The third kappa shape index (κ3) is 6.97. The van der Waals surface area contributed by atoms with Crippen LogP contribution < -0.4 is 9.64 Å². The molecule has 1 aromatic heterocycles. The SMILES string of the molecule is CCN(CC)CCN(C(=O)CCCS(=O)(=O)c1ccc(OC)cc1)c1nc2c(SC)cccc2s1. The van der Waals surface area contributed by atoms with E-state index in [9.17, 15) is 13.2 Å². The first-order valence-corrected chi connectivity index (χ1v) is 15.3. The van der Waals surface area contributed by atoms with E-state index < -0.39 is 9.84 Å². The molecule has 10 heteroatoms. The number of amides is 1. The van der Waals surface area contributed by atoms with Gasteiger partial charge in [-0.25, -0.2) is 13.4 Å². The highest BCUT2D eigenvalue weighted by Gasteiger charge is 2.22. The number of thiazole rings is 1. The Hall–Kier alpha value is -2.14. The molecule has 0 aliphatic rings. The molecular formula is C25H33N3O4S3. The average molecular weight is 536 g/mol. The Labute approximate surface area is 216 Å². The van der Waals surface area contributed by atoms with Crippen molar-refractivity contribution in [1.82, 2.24) is 9.88 Å². The van der Waals surface area contributed by atoms with Crippen molar-refractivity contribution in [1.29, 1.82) is 0 Å². The van der Waals surface area contributed by atoms with Crippen LogP contribution in [0.25, 0.3) is 10.2 Å². The minimum absolute atomic E-state index is 0.0918. The van der Waals surface area contributed by atoms with E-state index in [2.05, 4.69) is 18.7 Å². The number of carbonyl (C=O) groups is 1. The van der Waals surface area contributed by atoms with Crippen LogP contribution in [-0.2, 0) is 14.6 Å². The van der Waals surface area contributed by atoms with Crippen LogP contribution in [0.3, 0.4) is 0 Å². The van der Waals surface area contributed by atoms with Gasteiger partial charge in [-0.3, -0.25) is 9.69 Å². The number of ether oxygens (including phenoxy) is 1. The van der Waals surface area contributed by atoms with Gasteiger partial charge in [0.25, 0.3) is 0 Å². The Morgan fingerprint density at radius 3 is 2.43 bits per heavy atom. The van der Waals surface area contributed by atoms with Gasteiger partial charge in [0, 0.05) is 24.4 Å². The predicted octanol–water partition coefficient (Wildman–Crippen LogP) is 4.96. The normalized spacial score (nSPS) is 11.8. The number of anilines is 1. The third-order valence-electron chi connectivity index (χ3n) is 5.88. The largest absolute Gasteiger partial charge is 0.497 e. The molecule has 0 aliphatic heterocycles. The molecule has 0 saturated carbocycles. The number of thioether (sulfide) groups is 1. The van der Waals surface area contributed by atoms with Crippen molar-refractivity contribution in [3.8, 4) is 5.75 Å². The molecule has 0 fully saturated rings. The van der Waals surface area contributed by atoms with Crippen molar-refractivity contribution in [3.05, 3.63) is 42.5 Å². The minimum atomic E-state index is -3.48. The molecule has 3 rings (SSSR count). The summed E-state index contributed by atoms with van der Waals surface area (Å²) in [7, 11) is -1.95. The van der Waals surface area contributed by atoms with Crippen molar-refractivity contribution in [3.63, 3.8) is 0 Å². The van der Waals surface area contributed by atoms with Gasteiger partial charge in [0.2, 0.25) is 5.91 Å². The van der Waals surface area contributed by atoms with Gasteiger partial charge in [0.1, 0.15) is 5.75 Å². The molecule has 0 N–H and O–H groups in total. The monoisotopic (exact) mass is 535 g/mol. The summed E-state index contributed by atoms with van der Waals surface area (Å²) >= 11 is 3.13. The smallest absolute Gasteiger partial charge is 0.228 e. The Morgan fingerprint density at radius 2 is 1.80 bits per heavy atom. The lowest BCUT2D eigenvalue weighted by molar-refractivity contribution is -0.118. The number of hydrogen-bond acceptors (Lipinski definition) is 8. The summed E-state index contributed by atoms with van der Waals surface area (Å²) in [5, 5.41) is 0.664. The molecule has 7 nitrogen and oxygen atoms in total. The van der Waals surface area contributed by atoms with Gasteiger partial charge in [0.05, 0.1) is 28.0 Å². The molecule has 0 bridgehead atoms. The van der Waals surface area contributed by atoms with Crippen LogP contribution in [-0.4, -0.2) is 69.5 Å². The van der Waals surface area contributed by atoms with Gasteiger partial charge < -0.3 is 9.64 Å². The number of rotatable bonds is 13. The predicted molar refractivity (Wildman–Crippen MR) is 146 cm³/mol. The number of sulfone groups is 1. The summed E-state index contributed by atoms with van der Waals surface area (Å²) < 4.78 is 31.6. The van der Waals surface area contributed by atoms with Crippen LogP contribution in [0.2, 0.25) is 0 Å². The number of nitrogens with zero attached hydrogens (tertiary/aromatic N) is 3. The maximum absolute atomic E-state index is 13.3. The van der Waals surface area contributed by atoms with E-state index in [1.807, 2.05) is 24.5 Å². The molecule has 190 valence electrons. The van der Waals surface area contributed by atoms with E-state index in [-0.39, 0.29) is 29.4 Å². The highest BCUT2D eigenvalue weighted by molar-refractivity contribution is 7.98. The van der Waals surface area contributed by atoms with Crippen molar-refractivity contribution in [2.45, 2.75) is 36.5 Å². The standard InChI is InChI=1S/C25H33N3O4S3/c1-5-27(6-2)16-17-28(25-26-24-21(33-4)9-7-10-22(24)34-25)23(29)11-8-18-35(30,31)20-14-12-19(32-3)13-15-20/h7,9-10,12-15H,5-6,8,11,16-18H2,1-4H3. The van der Waals surface area contributed by atoms with E-state index in [1.54, 1.807) is 28.8 Å².